The van der Waals surface area contributed by atoms with Crippen LogP contribution in [0.25, 0.3) is 11.0 Å². The Labute approximate surface area is 81.5 Å². The largest absolute Gasteiger partial charge is 0.460 e. The number of para-hydroxylation sites is 1. The minimum atomic E-state index is -0.424. The molecule has 0 aliphatic heterocycles. The maximum Gasteiger partial charge on any atom is 0.252 e. The third-order valence-corrected chi connectivity index (χ3v) is 2.24. The van der Waals surface area contributed by atoms with Gasteiger partial charge in [-0.1, -0.05) is 25.1 Å². The number of rotatable bonds is 2. The van der Waals surface area contributed by atoms with E-state index in [1.807, 2.05) is 31.2 Å². The van der Waals surface area contributed by atoms with Gasteiger partial charge in [0.2, 0.25) is 0 Å². The summed E-state index contributed by atoms with van der Waals surface area (Å²) in [6, 6.07) is 7.42. The highest BCUT2D eigenvalue weighted by atomic mass is 16.3. The molecule has 1 amide bonds. The van der Waals surface area contributed by atoms with E-state index in [0.717, 1.165) is 11.0 Å². The summed E-state index contributed by atoms with van der Waals surface area (Å²) < 4.78 is 5.51. The quantitative estimate of drug-likeness (QED) is 0.786. The Bertz CT molecular complexity index is 485. The van der Waals surface area contributed by atoms with Crippen molar-refractivity contribution >= 4 is 16.9 Å². The van der Waals surface area contributed by atoms with Crippen LogP contribution in [0.5, 0.6) is 0 Å². The van der Waals surface area contributed by atoms with Gasteiger partial charge >= 0.3 is 0 Å². The highest BCUT2D eigenvalue weighted by Crippen LogP contribution is 2.25. The molecule has 1 aromatic carbocycles. The van der Waals surface area contributed by atoms with E-state index in [1.54, 1.807) is 0 Å². The maximum atomic E-state index is 11.2. The SMILES string of the molecule is CCc1oc2ccccc2c1C(N)=O. The van der Waals surface area contributed by atoms with Crippen LogP contribution in [0.1, 0.15) is 23.0 Å². The Kier molecular flexibility index (Phi) is 2.00. The molecule has 3 nitrogen and oxygen atoms in total. The number of carbonyl (C=O) groups is 1. The molecule has 72 valence electrons. The number of aryl methyl sites for hydroxylation is 1. The Balaban J connectivity index is 2.81. The van der Waals surface area contributed by atoms with Crippen LogP contribution >= 0.6 is 0 Å². The molecular weight excluding hydrogens is 178 g/mol. The molecule has 0 radical (unpaired) electrons. The Morgan fingerprint density at radius 1 is 1.43 bits per heavy atom. The molecule has 1 heterocycles. The molecule has 0 aliphatic rings. The Morgan fingerprint density at radius 2 is 2.14 bits per heavy atom. The fourth-order valence-electron chi connectivity index (χ4n) is 1.62. The number of benzene rings is 1. The van der Waals surface area contributed by atoms with Gasteiger partial charge in [0, 0.05) is 11.8 Å². The maximum absolute atomic E-state index is 11.2. The van der Waals surface area contributed by atoms with Crippen molar-refractivity contribution in [3.8, 4) is 0 Å². The normalized spacial score (nSPS) is 10.6. The molecule has 0 aliphatic carbocycles. The zero-order valence-electron chi connectivity index (χ0n) is 7.91. The van der Waals surface area contributed by atoms with Gasteiger partial charge in [-0.25, -0.2) is 0 Å². The molecule has 1 aromatic heterocycles. The van der Waals surface area contributed by atoms with Crippen LogP contribution in [0, 0.1) is 0 Å². The van der Waals surface area contributed by atoms with Crippen LogP contribution in [0.3, 0.4) is 0 Å². The monoisotopic (exact) mass is 189 g/mol. The summed E-state index contributed by atoms with van der Waals surface area (Å²) in [7, 11) is 0. The van der Waals surface area contributed by atoms with Crippen LogP contribution in [0.4, 0.5) is 0 Å². The first-order valence-electron chi connectivity index (χ1n) is 4.54. The average molecular weight is 189 g/mol. The zero-order chi connectivity index (χ0) is 10.1. The van der Waals surface area contributed by atoms with Gasteiger partial charge in [-0.2, -0.15) is 0 Å². The molecule has 2 N–H and O–H groups in total. The fourth-order valence-corrected chi connectivity index (χ4v) is 1.62. The van der Waals surface area contributed by atoms with Gasteiger partial charge in [0.05, 0.1) is 5.56 Å². The molecule has 0 spiro atoms. The van der Waals surface area contributed by atoms with Crippen molar-refractivity contribution in [1.82, 2.24) is 0 Å². The Morgan fingerprint density at radius 3 is 2.79 bits per heavy atom. The van der Waals surface area contributed by atoms with Gasteiger partial charge in [-0.05, 0) is 6.07 Å². The lowest BCUT2D eigenvalue weighted by Crippen LogP contribution is -2.12. The molecule has 0 saturated heterocycles. The predicted molar refractivity (Wildman–Crippen MR) is 54.1 cm³/mol. The molecular formula is C11H11NO2. The van der Waals surface area contributed by atoms with E-state index in [1.165, 1.54) is 0 Å². The van der Waals surface area contributed by atoms with E-state index in [4.69, 9.17) is 10.2 Å². The zero-order valence-corrected chi connectivity index (χ0v) is 7.91. The smallest absolute Gasteiger partial charge is 0.252 e. The number of primary amides is 1. The number of furan rings is 1. The summed E-state index contributed by atoms with van der Waals surface area (Å²) in [4.78, 5) is 11.2. The third-order valence-electron chi connectivity index (χ3n) is 2.24. The second-order valence-electron chi connectivity index (χ2n) is 3.11. The van der Waals surface area contributed by atoms with Gasteiger partial charge in [0.25, 0.3) is 5.91 Å². The van der Waals surface area contributed by atoms with Crippen molar-refractivity contribution < 1.29 is 9.21 Å². The highest BCUT2D eigenvalue weighted by molar-refractivity contribution is 6.06. The number of nitrogens with two attached hydrogens (primary N) is 1. The van der Waals surface area contributed by atoms with Gasteiger partial charge in [0.15, 0.2) is 0 Å². The average Bonchev–Trinajstić information content (AvgIpc) is 2.55. The van der Waals surface area contributed by atoms with E-state index in [2.05, 4.69) is 0 Å². The molecule has 2 aromatic rings. The number of hydrogen-bond acceptors (Lipinski definition) is 2. The number of fused-ring (bicyclic) bond motifs is 1. The van der Waals surface area contributed by atoms with Crippen LogP contribution in [-0.2, 0) is 6.42 Å². The summed E-state index contributed by atoms with van der Waals surface area (Å²) in [6.45, 7) is 1.93. The lowest BCUT2D eigenvalue weighted by Gasteiger charge is -1.93. The minimum Gasteiger partial charge on any atom is -0.460 e. The number of amides is 1. The van der Waals surface area contributed by atoms with E-state index in [-0.39, 0.29) is 0 Å². The minimum absolute atomic E-state index is 0.424. The summed E-state index contributed by atoms with van der Waals surface area (Å²) >= 11 is 0. The van der Waals surface area contributed by atoms with Gasteiger partial charge < -0.3 is 10.2 Å². The van der Waals surface area contributed by atoms with E-state index < -0.39 is 5.91 Å². The first kappa shape index (κ1) is 8.81. The first-order chi connectivity index (χ1) is 6.74. The summed E-state index contributed by atoms with van der Waals surface area (Å²) in [5, 5.41) is 0.803. The van der Waals surface area contributed by atoms with E-state index in [9.17, 15) is 4.79 Å². The van der Waals surface area contributed by atoms with Gasteiger partial charge in [-0.3, -0.25) is 4.79 Å². The lowest BCUT2D eigenvalue weighted by atomic mass is 10.1. The molecule has 0 unspecified atom stereocenters. The van der Waals surface area contributed by atoms with E-state index >= 15 is 0 Å². The van der Waals surface area contributed by atoms with Crippen molar-refractivity contribution in [1.29, 1.82) is 0 Å². The third kappa shape index (κ3) is 1.18. The molecule has 2 rings (SSSR count). The van der Waals surface area contributed by atoms with Crippen molar-refractivity contribution in [2.45, 2.75) is 13.3 Å². The summed E-state index contributed by atoms with van der Waals surface area (Å²) in [6.07, 6.45) is 0.674. The van der Waals surface area contributed by atoms with Gasteiger partial charge in [0.1, 0.15) is 11.3 Å². The van der Waals surface area contributed by atoms with Crippen LogP contribution in [0.15, 0.2) is 28.7 Å². The van der Waals surface area contributed by atoms with E-state index in [0.29, 0.717) is 17.7 Å². The molecule has 0 fully saturated rings. The highest BCUT2D eigenvalue weighted by Gasteiger charge is 2.16. The van der Waals surface area contributed by atoms with Crippen molar-refractivity contribution in [2.75, 3.05) is 0 Å². The molecule has 3 heteroatoms. The van der Waals surface area contributed by atoms with Gasteiger partial charge in [-0.15, -0.1) is 0 Å². The van der Waals surface area contributed by atoms with Crippen LogP contribution in [0.2, 0.25) is 0 Å². The number of hydrogen-bond donors (Lipinski definition) is 1. The fraction of sp³-hybridized carbons (Fsp3) is 0.182. The van der Waals surface area contributed by atoms with Crippen LogP contribution < -0.4 is 5.73 Å². The summed E-state index contributed by atoms with van der Waals surface area (Å²) in [5.41, 5.74) is 6.54. The van der Waals surface area contributed by atoms with Crippen molar-refractivity contribution in [2.24, 2.45) is 5.73 Å². The molecule has 0 saturated carbocycles. The topological polar surface area (TPSA) is 56.2 Å². The first-order valence-corrected chi connectivity index (χ1v) is 4.54. The molecule has 14 heavy (non-hydrogen) atoms. The lowest BCUT2D eigenvalue weighted by molar-refractivity contribution is 0.1000. The van der Waals surface area contributed by atoms with Crippen molar-refractivity contribution in [3.63, 3.8) is 0 Å². The number of carbonyl (C=O) groups excluding carboxylic acids is 1. The summed E-state index contributed by atoms with van der Waals surface area (Å²) in [5.74, 6) is 0.241. The Hall–Kier alpha value is -1.77. The second-order valence-corrected chi connectivity index (χ2v) is 3.11. The predicted octanol–water partition coefficient (Wildman–Crippen LogP) is 2.09. The van der Waals surface area contributed by atoms with Crippen molar-refractivity contribution in [3.05, 3.63) is 35.6 Å². The second kappa shape index (κ2) is 3.18. The molecule has 0 atom stereocenters. The van der Waals surface area contributed by atoms with Crippen LogP contribution in [-0.4, -0.2) is 5.91 Å². The standard InChI is InChI=1S/C11H11NO2/c1-2-8-10(11(12)13)7-5-3-4-6-9(7)14-8/h3-6H,2H2,1H3,(H2,12,13). The molecule has 0 bridgehead atoms.